The Balaban J connectivity index is 1.84. The van der Waals surface area contributed by atoms with Gasteiger partial charge in [-0.15, -0.1) is 0 Å². The molecule has 1 aromatic heterocycles. The van der Waals surface area contributed by atoms with Gasteiger partial charge >= 0.3 is 0 Å². The average Bonchev–Trinajstić information content (AvgIpc) is 3.17. The molecular formula is C16H26N4O3. The number of ether oxygens (including phenoxy) is 1. The Morgan fingerprint density at radius 3 is 2.83 bits per heavy atom. The van der Waals surface area contributed by atoms with Gasteiger partial charge in [-0.1, -0.05) is 12.8 Å². The van der Waals surface area contributed by atoms with Crippen LogP contribution in [0.15, 0.2) is 6.07 Å². The molecule has 1 heterocycles. The van der Waals surface area contributed by atoms with Crippen molar-refractivity contribution in [3.05, 3.63) is 11.8 Å². The second-order valence-electron chi connectivity index (χ2n) is 5.82. The Hall–Kier alpha value is -1.89. The predicted octanol–water partition coefficient (Wildman–Crippen LogP) is 1.71. The highest BCUT2D eigenvalue weighted by molar-refractivity contribution is 5.96. The van der Waals surface area contributed by atoms with Gasteiger partial charge in [0.05, 0.1) is 0 Å². The standard InChI is InChI=1S/C16H26N4O3/c1-3-23-10-6-9-17-16(22)13-11-14(20(2)19-13)18-15(21)12-7-4-5-8-12/h11-12H,3-10H2,1-2H3,(H,17,22)(H,18,21). The van der Waals surface area contributed by atoms with E-state index >= 15 is 0 Å². The molecule has 1 fully saturated rings. The molecule has 1 aliphatic rings. The molecule has 0 radical (unpaired) electrons. The van der Waals surface area contributed by atoms with Crippen molar-refractivity contribution in [3.8, 4) is 0 Å². The monoisotopic (exact) mass is 322 g/mol. The Labute approximate surface area is 136 Å². The van der Waals surface area contributed by atoms with E-state index in [1.807, 2.05) is 6.92 Å². The number of aryl methyl sites for hydroxylation is 1. The Bertz CT molecular complexity index is 535. The number of rotatable bonds is 8. The van der Waals surface area contributed by atoms with Gasteiger partial charge in [-0.05, 0) is 26.2 Å². The molecule has 0 atom stereocenters. The number of nitrogens with zero attached hydrogens (tertiary/aromatic N) is 2. The number of hydrogen-bond donors (Lipinski definition) is 2. The van der Waals surface area contributed by atoms with Crippen molar-refractivity contribution in [2.24, 2.45) is 13.0 Å². The normalized spacial score (nSPS) is 14.9. The van der Waals surface area contributed by atoms with E-state index in [4.69, 9.17) is 4.74 Å². The van der Waals surface area contributed by atoms with Crippen LogP contribution in [-0.2, 0) is 16.6 Å². The van der Waals surface area contributed by atoms with Gasteiger partial charge in [0.1, 0.15) is 5.82 Å². The highest BCUT2D eigenvalue weighted by Gasteiger charge is 2.24. The summed E-state index contributed by atoms with van der Waals surface area (Å²) in [7, 11) is 1.72. The van der Waals surface area contributed by atoms with Gasteiger partial charge in [0.15, 0.2) is 5.69 Å². The molecule has 1 aromatic rings. The zero-order valence-electron chi connectivity index (χ0n) is 13.9. The molecule has 0 unspecified atom stereocenters. The molecule has 7 nitrogen and oxygen atoms in total. The van der Waals surface area contributed by atoms with Crippen LogP contribution in [-0.4, -0.2) is 41.4 Å². The highest BCUT2D eigenvalue weighted by Crippen LogP contribution is 2.26. The van der Waals surface area contributed by atoms with E-state index in [9.17, 15) is 9.59 Å². The van der Waals surface area contributed by atoms with Crippen molar-refractivity contribution in [3.63, 3.8) is 0 Å². The first-order valence-electron chi connectivity index (χ1n) is 8.32. The first-order chi connectivity index (χ1) is 11.1. The summed E-state index contributed by atoms with van der Waals surface area (Å²) in [4.78, 5) is 24.2. The number of anilines is 1. The molecule has 2 rings (SSSR count). The van der Waals surface area contributed by atoms with E-state index in [1.54, 1.807) is 13.1 Å². The van der Waals surface area contributed by atoms with E-state index in [1.165, 1.54) is 4.68 Å². The summed E-state index contributed by atoms with van der Waals surface area (Å²) in [6, 6.07) is 1.62. The molecule has 0 bridgehead atoms. The number of hydrogen-bond acceptors (Lipinski definition) is 4. The largest absolute Gasteiger partial charge is 0.382 e. The highest BCUT2D eigenvalue weighted by atomic mass is 16.5. The second-order valence-corrected chi connectivity index (χ2v) is 5.82. The lowest BCUT2D eigenvalue weighted by molar-refractivity contribution is -0.119. The Morgan fingerprint density at radius 1 is 1.39 bits per heavy atom. The van der Waals surface area contributed by atoms with Gasteiger partial charge < -0.3 is 15.4 Å². The van der Waals surface area contributed by atoms with Gasteiger partial charge in [-0.25, -0.2) is 0 Å². The molecule has 1 aliphatic carbocycles. The Kier molecular flexibility index (Phi) is 6.58. The third-order valence-electron chi connectivity index (χ3n) is 4.04. The fourth-order valence-corrected chi connectivity index (χ4v) is 2.72. The second kappa shape index (κ2) is 8.67. The Morgan fingerprint density at radius 2 is 2.13 bits per heavy atom. The van der Waals surface area contributed by atoms with Crippen LogP contribution in [0.1, 0.15) is 49.5 Å². The molecule has 2 N–H and O–H groups in total. The van der Waals surface area contributed by atoms with E-state index in [-0.39, 0.29) is 17.7 Å². The topological polar surface area (TPSA) is 85.3 Å². The van der Waals surface area contributed by atoms with Gasteiger partial charge in [0.25, 0.3) is 5.91 Å². The summed E-state index contributed by atoms with van der Waals surface area (Å²) >= 11 is 0. The zero-order valence-corrected chi connectivity index (χ0v) is 13.9. The number of carbonyl (C=O) groups excluding carboxylic acids is 2. The van der Waals surface area contributed by atoms with Gasteiger partial charge in [-0.3, -0.25) is 14.3 Å². The van der Waals surface area contributed by atoms with Crippen molar-refractivity contribution < 1.29 is 14.3 Å². The lowest BCUT2D eigenvalue weighted by atomic mass is 10.1. The number of nitrogens with one attached hydrogen (secondary N) is 2. The van der Waals surface area contributed by atoms with Crippen LogP contribution in [0.25, 0.3) is 0 Å². The quantitative estimate of drug-likeness (QED) is 0.714. The van der Waals surface area contributed by atoms with Crippen LogP contribution in [0.4, 0.5) is 5.82 Å². The van der Waals surface area contributed by atoms with Crippen molar-refractivity contribution in [2.45, 2.75) is 39.0 Å². The summed E-state index contributed by atoms with van der Waals surface area (Å²) in [6.07, 6.45) is 4.86. The summed E-state index contributed by atoms with van der Waals surface area (Å²) < 4.78 is 6.75. The minimum Gasteiger partial charge on any atom is -0.382 e. The van der Waals surface area contributed by atoms with E-state index in [0.29, 0.717) is 31.3 Å². The van der Waals surface area contributed by atoms with Crippen LogP contribution >= 0.6 is 0 Å². The van der Waals surface area contributed by atoms with Crippen molar-refractivity contribution >= 4 is 17.6 Å². The number of aromatic nitrogens is 2. The summed E-state index contributed by atoms with van der Waals surface area (Å²) in [5, 5.41) is 9.84. The smallest absolute Gasteiger partial charge is 0.271 e. The fraction of sp³-hybridized carbons (Fsp3) is 0.688. The lowest BCUT2D eigenvalue weighted by Gasteiger charge is -2.09. The summed E-state index contributed by atoms with van der Waals surface area (Å²) in [6.45, 7) is 3.78. The van der Waals surface area contributed by atoms with Gasteiger partial charge in [-0.2, -0.15) is 5.10 Å². The fourth-order valence-electron chi connectivity index (χ4n) is 2.72. The minimum atomic E-state index is -0.238. The molecule has 0 saturated heterocycles. The van der Waals surface area contributed by atoms with Crippen LogP contribution < -0.4 is 10.6 Å². The molecule has 1 saturated carbocycles. The molecule has 23 heavy (non-hydrogen) atoms. The van der Waals surface area contributed by atoms with Crippen molar-refractivity contribution in [2.75, 3.05) is 25.1 Å². The van der Waals surface area contributed by atoms with Crippen LogP contribution in [0.5, 0.6) is 0 Å². The predicted molar refractivity (Wildman–Crippen MR) is 87.2 cm³/mol. The van der Waals surface area contributed by atoms with Crippen LogP contribution in [0.3, 0.4) is 0 Å². The van der Waals surface area contributed by atoms with Crippen LogP contribution in [0, 0.1) is 5.92 Å². The van der Waals surface area contributed by atoms with E-state index < -0.39 is 0 Å². The maximum atomic E-state index is 12.2. The van der Waals surface area contributed by atoms with E-state index in [2.05, 4.69) is 15.7 Å². The number of carbonyl (C=O) groups is 2. The zero-order chi connectivity index (χ0) is 16.7. The molecule has 128 valence electrons. The van der Waals surface area contributed by atoms with Gasteiger partial charge in [0.2, 0.25) is 5.91 Å². The van der Waals surface area contributed by atoms with Crippen molar-refractivity contribution in [1.29, 1.82) is 0 Å². The SMILES string of the molecule is CCOCCCNC(=O)c1cc(NC(=O)C2CCCC2)n(C)n1. The first-order valence-corrected chi connectivity index (χ1v) is 8.32. The minimum absolute atomic E-state index is 0.0224. The van der Waals surface area contributed by atoms with Crippen molar-refractivity contribution in [1.82, 2.24) is 15.1 Å². The van der Waals surface area contributed by atoms with Gasteiger partial charge in [0, 0.05) is 38.8 Å². The maximum absolute atomic E-state index is 12.2. The molecule has 0 aromatic carbocycles. The number of amides is 2. The molecule has 7 heteroatoms. The average molecular weight is 322 g/mol. The molecule has 0 aliphatic heterocycles. The lowest BCUT2D eigenvalue weighted by Crippen LogP contribution is -2.25. The summed E-state index contributed by atoms with van der Waals surface area (Å²) in [5.41, 5.74) is 0.311. The third kappa shape index (κ3) is 5.06. The maximum Gasteiger partial charge on any atom is 0.271 e. The molecular weight excluding hydrogens is 296 g/mol. The van der Waals surface area contributed by atoms with E-state index in [0.717, 1.165) is 32.1 Å². The summed E-state index contributed by atoms with van der Waals surface area (Å²) in [5.74, 6) is 0.426. The van der Waals surface area contributed by atoms with Crippen LogP contribution in [0.2, 0.25) is 0 Å². The molecule has 0 spiro atoms. The first kappa shape index (κ1) is 17.5. The third-order valence-corrected chi connectivity index (χ3v) is 4.04. The molecule has 2 amide bonds.